The average Bonchev–Trinajstić information content (AvgIpc) is 2.66. The summed E-state index contributed by atoms with van der Waals surface area (Å²) in [6.07, 6.45) is 4.15. The normalized spacial score (nSPS) is 17.9. The van der Waals surface area contributed by atoms with Crippen LogP contribution in [-0.4, -0.2) is 16.5 Å². The first-order valence-electron chi connectivity index (χ1n) is 6.16. The molecule has 18 heavy (non-hydrogen) atoms. The van der Waals surface area contributed by atoms with Crippen LogP contribution in [0.1, 0.15) is 25.1 Å². The van der Waals surface area contributed by atoms with Crippen LogP contribution in [0.4, 0.5) is 8.78 Å². The van der Waals surface area contributed by atoms with Crippen molar-refractivity contribution in [2.24, 2.45) is 11.1 Å². The second-order valence-electron chi connectivity index (χ2n) is 5.20. The summed E-state index contributed by atoms with van der Waals surface area (Å²) in [7, 11) is 0. The maximum absolute atomic E-state index is 13.1. The Balaban J connectivity index is 1.93. The maximum atomic E-state index is 13.1. The second kappa shape index (κ2) is 4.02. The van der Waals surface area contributed by atoms with E-state index in [2.05, 4.69) is 9.97 Å². The molecule has 1 aliphatic carbocycles. The van der Waals surface area contributed by atoms with Gasteiger partial charge in [0.05, 0.1) is 11.0 Å². The molecule has 5 heteroatoms. The third kappa shape index (κ3) is 1.79. The first kappa shape index (κ1) is 11.6. The number of H-pyrrole nitrogens is 1. The van der Waals surface area contributed by atoms with Gasteiger partial charge in [0.2, 0.25) is 0 Å². The van der Waals surface area contributed by atoms with E-state index in [1.54, 1.807) is 0 Å². The van der Waals surface area contributed by atoms with E-state index in [1.807, 2.05) is 0 Å². The molecule has 0 saturated heterocycles. The Kier molecular flexibility index (Phi) is 2.59. The summed E-state index contributed by atoms with van der Waals surface area (Å²) in [5, 5.41) is 0. The fraction of sp³-hybridized carbons (Fsp3) is 0.462. The molecular formula is C13H15F2N3. The van der Waals surface area contributed by atoms with Crippen LogP contribution in [0.5, 0.6) is 0 Å². The van der Waals surface area contributed by atoms with E-state index in [-0.39, 0.29) is 5.41 Å². The van der Waals surface area contributed by atoms with Crippen LogP contribution in [0, 0.1) is 17.0 Å². The number of aromatic amines is 1. The molecule has 3 N–H and O–H groups in total. The zero-order valence-corrected chi connectivity index (χ0v) is 9.97. The highest BCUT2D eigenvalue weighted by Crippen LogP contribution is 2.42. The minimum atomic E-state index is -0.863. The molecule has 1 heterocycles. The van der Waals surface area contributed by atoms with Crippen LogP contribution < -0.4 is 5.73 Å². The van der Waals surface area contributed by atoms with Gasteiger partial charge in [-0.05, 0) is 24.8 Å². The summed E-state index contributed by atoms with van der Waals surface area (Å²) in [5.41, 5.74) is 6.93. The van der Waals surface area contributed by atoms with Gasteiger partial charge in [0.15, 0.2) is 11.6 Å². The van der Waals surface area contributed by atoms with Crippen molar-refractivity contribution in [2.75, 3.05) is 6.54 Å². The van der Waals surface area contributed by atoms with Crippen molar-refractivity contribution in [1.29, 1.82) is 0 Å². The molecule has 0 amide bonds. The molecule has 3 nitrogen and oxygen atoms in total. The van der Waals surface area contributed by atoms with E-state index in [0.717, 1.165) is 37.2 Å². The molecule has 0 aliphatic heterocycles. The minimum Gasteiger partial charge on any atom is -0.342 e. The number of aromatic nitrogens is 2. The number of hydrogen-bond donors (Lipinski definition) is 2. The van der Waals surface area contributed by atoms with E-state index in [4.69, 9.17) is 5.73 Å². The average molecular weight is 251 g/mol. The summed E-state index contributed by atoms with van der Waals surface area (Å²) in [6.45, 7) is 0.632. The third-order valence-corrected chi connectivity index (χ3v) is 3.96. The predicted molar refractivity (Wildman–Crippen MR) is 65.1 cm³/mol. The summed E-state index contributed by atoms with van der Waals surface area (Å²) in [6, 6.07) is 2.28. The van der Waals surface area contributed by atoms with Crippen molar-refractivity contribution in [3.63, 3.8) is 0 Å². The molecular weight excluding hydrogens is 236 g/mol. The largest absolute Gasteiger partial charge is 0.342 e. The number of rotatable bonds is 3. The number of halogens is 2. The van der Waals surface area contributed by atoms with Crippen LogP contribution in [0.25, 0.3) is 11.0 Å². The third-order valence-electron chi connectivity index (χ3n) is 3.96. The molecule has 0 bridgehead atoms. The number of imidazole rings is 1. The monoisotopic (exact) mass is 251 g/mol. The fourth-order valence-corrected chi connectivity index (χ4v) is 2.63. The van der Waals surface area contributed by atoms with Gasteiger partial charge >= 0.3 is 0 Å². The maximum Gasteiger partial charge on any atom is 0.161 e. The van der Waals surface area contributed by atoms with E-state index in [0.29, 0.717) is 17.6 Å². The number of fused-ring (bicyclic) bond motifs is 1. The van der Waals surface area contributed by atoms with Crippen LogP contribution >= 0.6 is 0 Å². The highest BCUT2D eigenvalue weighted by atomic mass is 19.2. The molecule has 1 saturated carbocycles. The van der Waals surface area contributed by atoms with Crippen molar-refractivity contribution < 1.29 is 8.78 Å². The lowest BCUT2D eigenvalue weighted by atomic mass is 9.66. The van der Waals surface area contributed by atoms with Crippen molar-refractivity contribution >= 4 is 11.0 Å². The topological polar surface area (TPSA) is 54.7 Å². The van der Waals surface area contributed by atoms with Crippen molar-refractivity contribution in [3.8, 4) is 0 Å². The Bertz CT molecular complexity index is 543. The quantitative estimate of drug-likeness (QED) is 0.880. The van der Waals surface area contributed by atoms with Crippen LogP contribution in [0.15, 0.2) is 12.1 Å². The lowest BCUT2D eigenvalue weighted by molar-refractivity contribution is 0.142. The fourth-order valence-electron chi connectivity index (χ4n) is 2.63. The van der Waals surface area contributed by atoms with Gasteiger partial charge in [-0.25, -0.2) is 13.8 Å². The molecule has 3 rings (SSSR count). The van der Waals surface area contributed by atoms with Crippen LogP contribution in [0.3, 0.4) is 0 Å². The highest BCUT2D eigenvalue weighted by Gasteiger charge is 2.36. The molecule has 0 spiro atoms. The van der Waals surface area contributed by atoms with Crippen LogP contribution in [0.2, 0.25) is 0 Å². The molecule has 1 aromatic heterocycles. The standard InChI is InChI=1S/C13H15F2N3/c14-8-4-10-11(5-9(8)15)18-12(17-10)6-13(7-16)2-1-3-13/h4-5H,1-3,6-7,16H2,(H,17,18). The van der Waals surface area contributed by atoms with Crippen LogP contribution in [-0.2, 0) is 6.42 Å². The number of benzene rings is 1. The number of nitrogens with one attached hydrogen (secondary N) is 1. The van der Waals surface area contributed by atoms with Gasteiger partial charge in [0.25, 0.3) is 0 Å². The number of nitrogens with zero attached hydrogens (tertiary/aromatic N) is 1. The van der Waals surface area contributed by atoms with Gasteiger partial charge in [0.1, 0.15) is 5.82 Å². The number of hydrogen-bond acceptors (Lipinski definition) is 2. The molecule has 1 aromatic carbocycles. The first-order valence-corrected chi connectivity index (χ1v) is 6.16. The summed E-state index contributed by atoms with van der Waals surface area (Å²) in [5.74, 6) is -0.951. The smallest absolute Gasteiger partial charge is 0.161 e. The van der Waals surface area contributed by atoms with Crippen molar-refractivity contribution in [1.82, 2.24) is 9.97 Å². The molecule has 0 atom stereocenters. The molecule has 1 aliphatic rings. The van der Waals surface area contributed by atoms with Crippen molar-refractivity contribution in [2.45, 2.75) is 25.7 Å². The molecule has 0 unspecified atom stereocenters. The Morgan fingerprint density at radius 1 is 1.28 bits per heavy atom. The van der Waals surface area contributed by atoms with Gasteiger partial charge in [-0.1, -0.05) is 6.42 Å². The molecule has 0 radical (unpaired) electrons. The van der Waals surface area contributed by atoms with Gasteiger partial charge < -0.3 is 10.7 Å². The summed E-state index contributed by atoms with van der Waals surface area (Å²) < 4.78 is 26.2. The number of nitrogens with two attached hydrogens (primary N) is 1. The zero-order chi connectivity index (χ0) is 12.8. The van der Waals surface area contributed by atoms with Gasteiger partial charge in [-0.15, -0.1) is 0 Å². The van der Waals surface area contributed by atoms with Gasteiger partial charge in [0, 0.05) is 18.6 Å². The summed E-state index contributed by atoms with van der Waals surface area (Å²) >= 11 is 0. The Morgan fingerprint density at radius 2 is 2.00 bits per heavy atom. The van der Waals surface area contributed by atoms with E-state index in [1.165, 1.54) is 6.42 Å². The second-order valence-corrected chi connectivity index (χ2v) is 5.20. The molecule has 96 valence electrons. The Labute approximate surface area is 103 Å². The van der Waals surface area contributed by atoms with Gasteiger partial charge in [-0.2, -0.15) is 0 Å². The lowest BCUT2D eigenvalue weighted by Gasteiger charge is -2.40. The predicted octanol–water partition coefficient (Wildman–Crippen LogP) is 2.51. The molecule has 1 fully saturated rings. The van der Waals surface area contributed by atoms with Gasteiger partial charge in [-0.3, -0.25) is 0 Å². The zero-order valence-electron chi connectivity index (χ0n) is 9.97. The Morgan fingerprint density at radius 3 is 2.61 bits per heavy atom. The molecule has 2 aromatic rings. The SMILES string of the molecule is NCC1(Cc2nc3cc(F)c(F)cc3[nH]2)CCC1. The Hall–Kier alpha value is -1.49. The summed E-state index contributed by atoms with van der Waals surface area (Å²) in [4.78, 5) is 7.36. The first-order chi connectivity index (χ1) is 8.62. The van der Waals surface area contributed by atoms with E-state index in [9.17, 15) is 8.78 Å². The van der Waals surface area contributed by atoms with Crippen molar-refractivity contribution in [3.05, 3.63) is 29.6 Å². The lowest BCUT2D eigenvalue weighted by Crippen LogP contribution is -2.39. The van der Waals surface area contributed by atoms with E-state index >= 15 is 0 Å². The van der Waals surface area contributed by atoms with E-state index < -0.39 is 11.6 Å². The minimum absolute atomic E-state index is 0.130. The highest BCUT2D eigenvalue weighted by molar-refractivity contribution is 5.75.